The first-order valence-corrected chi connectivity index (χ1v) is 12.7. The molecule has 0 radical (unpaired) electrons. The number of rotatable bonds is 5. The van der Waals surface area contributed by atoms with Gasteiger partial charge in [-0.15, -0.1) is 0 Å². The van der Waals surface area contributed by atoms with Gasteiger partial charge in [-0.25, -0.2) is 0 Å². The number of likely N-dealkylation sites (tertiary alicyclic amines) is 1. The van der Waals surface area contributed by atoms with Gasteiger partial charge in [-0.1, -0.05) is 43.5 Å². The number of hydrogen-bond donors (Lipinski definition) is 0. The molecule has 2 aromatic carbocycles. The van der Waals surface area contributed by atoms with E-state index in [-0.39, 0.29) is 29.7 Å². The van der Waals surface area contributed by atoms with Crippen molar-refractivity contribution >= 4 is 23.7 Å². The molecule has 186 valence electrons. The van der Waals surface area contributed by atoms with E-state index in [0.717, 1.165) is 43.2 Å². The van der Waals surface area contributed by atoms with E-state index in [9.17, 15) is 14.4 Å². The zero-order valence-electron chi connectivity index (χ0n) is 20.6. The first kappa shape index (κ1) is 22.8. The highest BCUT2D eigenvalue weighted by Crippen LogP contribution is 2.54. The summed E-state index contributed by atoms with van der Waals surface area (Å²) in [7, 11) is 3.06. The molecule has 3 heterocycles. The zero-order valence-corrected chi connectivity index (χ0v) is 20.6. The molecule has 0 bridgehead atoms. The van der Waals surface area contributed by atoms with Crippen molar-refractivity contribution in [1.29, 1.82) is 0 Å². The molecular weight excluding hydrogens is 456 g/mol. The lowest BCUT2D eigenvalue weighted by Gasteiger charge is -2.37. The van der Waals surface area contributed by atoms with Gasteiger partial charge in [0.25, 0.3) is 0 Å². The molecule has 7 heteroatoms. The van der Waals surface area contributed by atoms with Crippen molar-refractivity contribution in [3.8, 4) is 11.5 Å². The van der Waals surface area contributed by atoms with Crippen molar-refractivity contribution in [1.82, 2.24) is 9.80 Å². The van der Waals surface area contributed by atoms with E-state index in [0.29, 0.717) is 17.1 Å². The average molecular weight is 487 g/mol. The van der Waals surface area contributed by atoms with E-state index in [1.54, 1.807) is 25.3 Å². The normalized spacial score (nSPS) is 27.1. The van der Waals surface area contributed by atoms with Gasteiger partial charge in [0.05, 0.1) is 37.7 Å². The Bertz CT molecular complexity index is 1260. The van der Waals surface area contributed by atoms with Crippen molar-refractivity contribution in [2.24, 2.45) is 11.8 Å². The van der Waals surface area contributed by atoms with Crippen LogP contribution in [0.2, 0.25) is 0 Å². The number of amides is 2. The smallest absolute Gasteiger partial charge is 0.236 e. The molecule has 2 amide bonds. The summed E-state index contributed by atoms with van der Waals surface area (Å²) in [6.07, 6.45) is 8.68. The number of methoxy groups -OCH3 is 2. The predicted octanol–water partition coefficient (Wildman–Crippen LogP) is 4.23. The van der Waals surface area contributed by atoms with Crippen molar-refractivity contribution in [2.45, 2.75) is 50.2 Å². The number of nitrogens with zero attached hydrogens (tertiary/aromatic N) is 2. The lowest BCUT2D eigenvalue weighted by atomic mass is 9.83. The second-order valence-corrected chi connectivity index (χ2v) is 10.1. The molecule has 1 saturated carbocycles. The Hall–Kier alpha value is -3.61. The van der Waals surface area contributed by atoms with E-state index >= 15 is 0 Å². The third-order valence-corrected chi connectivity index (χ3v) is 8.38. The van der Waals surface area contributed by atoms with Crippen LogP contribution in [-0.4, -0.2) is 53.7 Å². The Morgan fingerprint density at radius 3 is 2.42 bits per heavy atom. The van der Waals surface area contributed by atoms with Gasteiger partial charge in [0, 0.05) is 12.2 Å². The third-order valence-electron chi connectivity index (χ3n) is 8.38. The third kappa shape index (κ3) is 3.29. The van der Waals surface area contributed by atoms with Crippen molar-refractivity contribution in [3.63, 3.8) is 0 Å². The van der Waals surface area contributed by atoms with E-state index in [1.165, 1.54) is 12.0 Å². The van der Waals surface area contributed by atoms with Crippen LogP contribution in [0.25, 0.3) is 6.08 Å². The zero-order chi connectivity index (χ0) is 25.0. The fourth-order valence-corrected chi connectivity index (χ4v) is 6.75. The standard InChI is InChI=1S/C29H30N2O5/c1-35-19-12-13-22(36-2)21(16-19)27(32)26-24-23(25-20-11-7-6-8-17(20)14-15-30(25)26)28(33)31(29(24)34)18-9-4-3-5-10-18/h6-8,11-16,18,23-26H,3-5,9-10H2,1-2H3. The van der Waals surface area contributed by atoms with E-state index < -0.39 is 17.9 Å². The van der Waals surface area contributed by atoms with E-state index in [1.807, 2.05) is 41.4 Å². The number of Topliss-reactive ketones (excluding diaryl/α,β-unsaturated/α-hetero) is 1. The molecule has 0 N–H and O–H groups in total. The largest absolute Gasteiger partial charge is 0.497 e. The van der Waals surface area contributed by atoms with Crippen LogP contribution >= 0.6 is 0 Å². The van der Waals surface area contributed by atoms with Gasteiger partial charge in [0.2, 0.25) is 11.8 Å². The number of imide groups is 1. The number of ether oxygens (including phenoxy) is 2. The number of hydrogen-bond acceptors (Lipinski definition) is 6. The summed E-state index contributed by atoms with van der Waals surface area (Å²) in [5, 5.41) is 0. The minimum Gasteiger partial charge on any atom is -0.497 e. The second-order valence-electron chi connectivity index (χ2n) is 10.1. The lowest BCUT2D eigenvalue weighted by Crippen LogP contribution is -2.47. The van der Waals surface area contributed by atoms with Gasteiger partial charge < -0.3 is 14.4 Å². The molecule has 3 aliphatic heterocycles. The molecular formula is C29H30N2O5. The number of benzene rings is 2. The van der Waals surface area contributed by atoms with E-state index in [2.05, 4.69) is 0 Å². The van der Waals surface area contributed by atoms with Crippen LogP contribution in [0.3, 0.4) is 0 Å². The van der Waals surface area contributed by atoms with Gasteiger partial charge in [0.1, 0.15) is 17.5 Å². The molecule has 4 aliphatic rings. The fraction of sp³-hybridized carbons (Fsp3) is 0.414. The topological polar surface area (TPSA) is 76.1 Å². The van der Waals surface area contributed by atoms with Crippen LogP contribution in [0.5, 0.6) is 11.5 Å². The lowest BCUT2D eigenvalue weighted by molar-refractivity contribution is -0.144. The van der Waals surface area contributed by atoms with Crippen molar-refractivity contribution in [2.75, 3.05) is 14.2 Å². The maximum atomic E-state index is 14.2. The first-order valence-electron chi connectivity index (χ1n) is 12.7. The molecule has 36 heavy (non-hydrogen) atoms. The van der Waals surface area contributed by atoms with Gasteiger partial charge in [-0.2, -0.15) is 0 Å². The summed E-state index contributed by atoms with van der Waals surface area (Å²) in [5.74, 6) is -0.980. The molecule has 4 atom stereocenters. The number of fused-ring (bicyclic) bond motifs is 5. The van der Waals surface area contributed by atoms with Crippen LogP contribution in [-0.2, 0) is 9.59 Å². The minimum atomic E-state index is -0.810. The molecule has 2 saturated heterocycles. The van der Waals surface area contributed by atoms with Crippen LogP contribution in [0, 0.1) is 11.8 Å². The monoisotopic (exact) mass is 486 g/mol. The highest BCUT2D eigenvalue weighted by atomic mass is 16.5. The summed E-state index contributed by atoms with van der Waals surface area (Å²) in [5.41, 5.74) is 2.35. The minimum absolute atomic E-state index is 0.0747. The molecule has 6 rings (SSSR count). The van der Waals surface area contributed by atoms with Gasteiger partial charge in [-0.05, 0) is 48.2 Å². The van der Waals surface area contributed by atoms with E-state index in [4.69, 9.17) is 9.47 Å². The maximum Gasteiger partial charge on any atom is 0.236 e. The summed E-state index contributed by atoms with van der Waals surface area (Å²) in [6, 6.07) is 11.8. The number of ketones is 1. The summed E-state index contributed by atoms with van der Waals surface area (Å²) < 4.78 is 10.9. The Labute approximate surface area is 210 Å². The molecule has 1 aliphatic carbocycles. The average Bonchev–Trinajstić information content (AvgIpc) is 3.40. The summed E-state index contributed by atoms with van der Waals surface area (Å²) >= 11 is 0. The molecule has 0 spiro atoms. The molecule has 3 fully saturated rings. The molecule has 2 aromatic rings. The van der Waals surface area contributed by atoms with Gasteiger partial charge in [-0.3, -0.25) is 19.3 Å². The number of carbonyl (C=O) groups excluding carboxylic acids is 3. The Kier molecular flexibility index (Phi) is 5.58. The number of carbonyl (C=O) groups is 3. The quantitative estimate of drug-likeness (QED) is 0.465. The van der Waals surface area contributed by atoms with Gasteiger partial charge >= 0.3 is 0 Å². The highest BCUT2D eigenvalue weighted by molar-refractivity contribution is 6.13. The SMILES string of the molecule is COc1ccc(OC)c(C(=O)C2C3C(=O)N(C4CCCCC4)C(=O)C3C3c4ccccc4C=CN23)c1. The molecule has 7 nitrogen and oxygen atoms in total. The first-order chi connectivity index (χ1) is 17.5. The maximum absolute atomic E-state index is 14.2. The van der Waals surface area contributed by atoms with Crippen LogP contribution < -0.4 is 9.47 Å². The Morgan fingerprint density at radius 2 is 1.67 bits per heavy atom. The summed E-state index contributed by atoms with van der Waals surface area (Å²) in [6.45, 7) is 0. The van der Waals surface area contributed by atoms with Crippen molar-refractivity contribution < 1.29 is 23.9 Å². The highest BCUT2D eigenvalue weighted by Gasteiger charge is 2.65. The van der Waals surface area contributed by atoms with Crippen LogP contribution in [0.15, 0.2) is 48.7 Å². The molecule has 0 aromatic heterocycles. The molecule has 4 unspecified atom stereocenters. The summed E-state index contributed by atoms with van der Waals surface area (Å²) in [4.78, 5) is 45.7. The van der Waals surface area contributed by atoms with Crippen LogP contribution in [0.4, 0.5) is 0 Å². The van der Waals surface area contributed by atoms with Crippen molar-refractivity contribution in [3.05, 3.63) is 65.4 Å². The van der Waals surface area contributed by atoms with Gasteiger partial charge in [0.15, 0.2) is 5.78 Å². The second kappa shape index (κ2) is 8.80. The fourth-order valence-electron chi connectivity index (χ4n) is 6.75. The van der Waals surface area contributed by atoms with Crippen LogP contribution in [0.1, 0.15) is 59.6 Å². The Morgan fingerprint density at radius 1 is 0.917 bits per heavy atom. The Balaban J connectivity index is 1.48. The predicted molar refractivity (Wildman–Crippen MR) is 133 cm³/mol.